The van der Waals surface area contributed by atoms with Crippen molar-refractivity contribution in [2.24, 2.45) is 11.5 Å². The molecule has 0 aliphatic heterocycles. The van der Waals surface area contributed by atoms with Crippen LogP contribution in [0.25, 0.3) is 0 Å². The number of rotatable bonds is 18. The van der Waals surface area contributed by atoms with Crippen LogP contribution < -0.4 is 27.4 Å². The van der Waals surface area contributed by atoms with Gasteiger partial charge in [-0.15, -0.1) is 0 Å². The van der Waals surface area contributed by atoms with E-state index < -0.39 is 29.4 Å². The lowest BCUT2D eigenvalue weighted by Gasteiger charge is -2.26. The first kappa shape index (κ1) is 34.5. The third kappa shape index (κ3) is 13.3. The number of hydrogen-bond donors (Lipinski definition) is 5. The molecule has 13 heteroatoms. The maximum Gasteiger partial charge on any atom is 0.246 e. The van der Waals surface area contributed by atoms with Crippen LogP contribution in [0.3, 0.4) is 0 Å². The minimum atomic E-state index is -0.899. The lowest BCUT2D eigenvalue weighted by molar-refractivity contribution is -0.131. The number of nitrogens with two attached hydrogens (primary N) is 2. The lowest BCUT2D eigenvalue weighted by Crippen LogP contribution is -2.53. The molecule has 3 atom stereocenters. The third-order valence-corrected chi connectivity index (χ3v) is 6.61. The van der Waals surface area contributed by atoms with E-state index in [9.17, 15) is 19.2 Å². The molecule has 11 nitrogen and oxygen atoms in total. The normalized spacial score (nSPS) is 13.7. The first-order valence-electron chi connectivity index (χ1n) is 14.2. The molecule has 2 aromatic rings. The Kier molecular flexibility index (Phi) is 14.8. The van der Waals surface area contributed by atoms with Crippen molar-refractivity contribution in [2.75, 3.05) is 18.6 Å². The van der Waals surface area contributed by atoms with Crippen LogP contribution in [0, 0.1) is 0 Å². The van der Waals surface area contributed by atoms with Crippen LogP contribution in [0.15, 0.2) is 54.6 Å². The Bertz CT molecular complexity index is 1150. The monoisotopic (exact) mass is 579 g/mol. The van der Waals surface area contributed by atoms with Gasteiger partial charge in [0.15, 0.2) is 0 Å². The molecule has 2 rings (SSSR count). The van der Waals surface area contributed by atoms with E-state index in [0.29, 0.717) is 37.9 Å². The first-order chi connectivity index (χ1) is 20.0. The zero-order valence-electron chi connectivity index (χ0n) is 24.8. The highest BCUT2D eigenvalue weighted by Gasteiger charge is 2.28. The lowest BCUT2D eigenvalue weighted by atomic mass is 9.79. The molecule has 3 amide bonds. The Balaban J connectivity index is 2.14. The second-order valence-corrected chi connectivity index (χ2v) is 10.7. The molecule has 0 aliphatic carbocycles. The van der Waals surface area contributed by atoms with Gasteiger partial charge in [0.25, 0.3) is 0 Å². The van der Waals surface area contributed by atoms with E-state index in [4.69, 9.17) is 20.9 Å². The van der Waals surface area contributed by atoms with Crippen LogP contribution in [0.2, 0.25) is 0 Å². The van der Waals surface area contributed by atoms with Crippen LogP contribution in [-0.4, -0.2) is 70.1 Å². The molecule has 1 unspecified atom stereocenters. The standard InChI is InChI=1S/C29H43B2N5O6/c1-29(31,42-19-33)15-14-25(37)35-24(17-20-7-3-2-4-8-20)27(39)36-23(9-5-6-16-32)26(38)34-22-12-10-21(11-13-22)18-41-28(30)40/h2-4,7-8,10-13,23-24H,5-6,9,14-19,30-33H2,1H3,(H,34,38)(H,35,37)(H,36,39)/t23-,24-,29?/m0/s1. The average molecular weight is 579 g/mol. The fraction of sp³-hybridized carbons (Fsp3) is 0.448. The Morgan fingerprint density at radius 1 is 0.905 bits per heavy atom. The Morgan fingerprint density at radius 2 is 1.60 bits per heavy atom. The maximum absolute atomic E-state index is 13.5. The van der Waals surface area contributed by atoms with Gasteiger partial charge in [0.2, 0.25) is 31.4 Å². The number of carbonyl (C=O) groups excluding carboxylic acids is 4. The van der Waals surface area contributed by atoms with E-state index in [0.717, 1.165) is 11.1 Å². The maximum atomic E-state index is 13.5. The van der Waals surface area contributed by atoms with Gasteiger partial charge in [0.1, 0.15) is 26.5 Å². The Hall–Kier alpha value is -3.67. The molecule has 0 saturated carbocycles. The molecule has 0 bridgehead atoms. The van der Waals surface area contributed by atoms with E-state index in [-0.39, 0.29) is 38.0 Å². The first-order valence-corrected chi connectivity index (χ1v) is 14.2. The van der Waals surface area contributed by atoms with E-state index in [1.165, 1.54) is 7.85 Å². The van der Waals surface area contributed by atoms with Gasteiger partial charge in [-0.3, -0.25) is 19.2 Å². The van der Waals surface area contributed by atoms with Gasteiger partial charge in [-0.2, -0.15) is 0 Å². The van der Waals surface area contributed by atoms with Gasteiger partial charge >= 0.3 is 0 Å². The number of unbranched alkanes of at least 4 members (excludes halogenated alkanes) is 1. The minimum Gasteiger partial charge on any atom is -0.469 e. The van der Waals surface area contributed by atoms with E-state index >= 15 is 0 Å². The zero-order chi connectivity index (χ0) is 31.0. The summed E-state index contributed by atoms with van der Waals surface area (Å²) in [7, 11) is 3.18. The second-order valence-electron chi connectivity index (χ2n) is 10.7. The van der Waals surface area contributed by atoms with Gasteiger partial charge < -0.3 is 36.9 Å². The molecule has 42 heavy (non-hydrogen) atoms. The molecule has 7 N–H and O–H groups in total. The predicted octanol–water partition coefficient (Wildman–Crippen LogP) is 0.298. The summed E-state index contributed by atoms with van der Waals surface area (Å²) in [5, 5.41) is 8.54. The van der Waals surface area contributed by atoms with Crippen molar-refractivity contribution >= 4 is 45.0 Å². The van der Waals surface area contributed by atoms with Crippen molar-refractivity contribution in [3.63, 3.8) is 0 Å². The van der Waals surface area contributed by atoms with Crippen LogP contribution >= 0.6 is 0 Å². The molecular formula is C29H43B2N5O6. The van der Waals surface area contributed by atoms with Gasteiger partial charge in [0.05, 0.1) is 6.73 Å². The number of ether oxygens (including phenoxy) is 2. The molecule has 0 saturated heterocycles. The highest BCUT2D eigenvalue weighted by Crippen LogP contribution is 2.14. The quantitative estimate of drug-likeness (QED) is 0.0952. The topological polar surface area (TPSA) is 175 Å². The highest BCUT2D eigenvalue weighted by atomic mass is 16.5. The van der Waals surface area contributed by atoms with Crippen LogP contribution in [0.4, 0.5) is 10.5 Å². The van der Waals surface area contributed by atoms with Crippen molar-refractivity contribution in [2.45, 2.75) is 69.6 Å². The molecule has 0 fully saturated rings. The van der Waals surface area contributed by atoms with Crippen LogP contribution in [0.1, 0.15) is 50.2 Å². The highest BCUT2D eigenvalue weighted by molar-refractivity contribution is 6.55. The van der Waals surface area contributed by atoms with Crippen molar-refractivity contribution < 1.29 is 28.7 Å². The molecule has 0 aliphatic rings. The zero-order valence-corrected chi connectivity index (χ0v) is 24.8. The fourth-order valence-corrected chi connectivity index (χ4v) is 4.17. The van der Waals surface area contributed by atoms with E-state index in [2.05, 4.69) is 16.0 Å². The molecule has 0 spiro atoms. The number of amides is 3. The fourth-order valence-electron chi connectivity index (χ4n) is 4.17. The predicted molar refractivity (Wildman–Crippen MR) is 167 cm³/mol. The number of anilines is 1. The van der Waals surface area contributed by atoms with Gasteiger partial charge in [-0.25, -0.2) is 0 Å². The van der Waals surface area contributed by atoms with Crippen molar-refractivity contribution in [3.05, 3.63) is 65.7 Å². The van der Waals surface area contributed by atoms with Gasteiger partial charge in [-0.1, -0.05) is 42.5 Å². The molecule has 0 radical (unpaired) electrons. The molecule has 2 aromatic carbocycles. The van der Waals surface area contributed by atoms with Crippen molar-refractivity contribution in [1.82, 2.24) is 10.6 Å². The summed E-state index contributed by atoms with van der Waals surface area (Å²) >= 11 is 0. The van der Waals surface area contributed by atoms with Crippen LogP contribution in [-0.2, 0) is 36.9 Å². The largest absolute Gasteiger partial charge is 0.469 e. The second kappa shape index (κ2) is 18.0. The van der Waals surface area contributed by atoms with Gasteiger partial charge in [-0.05, 0) is 62.4 Å². The number of nitrogens with one attached hydrogen (secondary N) is 3. The Morgan fingerprint density at radius 3 is 2.21 bits per heavy atom. The molecule has 0 heterocycles. The van der Waals surface area contributed by atoms with Crippen molar-refractivity contribution in [1.29, 1.82) is 0 Å². The smallest absolute Gasteiger partial charge is 0.246 e. The average Bonchev–Trinajstić information content (AvgIpc) is 2.95. The molecule has 226 valence electrons. The summed E-state index contributed by atoms with van der Waals surface area (Å²) in [5.41, 5.74) is 12.7. The third-order valence-electron chi connectivity index (χ3n) is 6.61. The van der Waals surface area contributed by atoms with Crippen molar-refractivity contribution in [3.8, 4) is 0 Å². The van der Waals surface area contributed by atoms with Crippen LogP contribution in [0.5, 0.6) is 0 Å². The van der Waals surface area contributed by atoms with E-state index in [1.807, 2.05) is 45.1 Å². The SMILES string of the molecule is BC(=O)OCc1ccc(NC(=O)[C@H](CCCCN)NC(=O)[C@H](Cc2ccccc2)NC(=O)CCC(B)(C)OCN)cc1. The number of hydrogen-bond acceptors (Lipinski definition) is 8. The number of carbonyl (C=O) groups is 4. The van der Waals surface area contributed by atoms with E-state index in [1.54, 1.807) is 24.3 Å². The number of benzene rings is 2. The summed E-state index contributed by atoms with van der Waals surface area (Å²) < 4.78 is 10.5. The summed E-state index contributed by atoms with van der Waals surface area (Å²) in [6, 6.07) is 14.5. The summed E-state index contributed by atoms with van der Waals surface area (Å²) in [6.07, 6.45) is 2.49. The summed E-state index contributed by atoms with van der Waals surface area (Å²) in [6.45, 7) is 2.48. The molecule has 0 aromatic heterocycles. The Labute approximate surface area is 249 Å². The van der Waals surface area contributed by atoms with Gasteiger partial charge in [0, 0.05) is 24.0 Å². The summed E-state index contributed by atoms with van der Waals surface area (Å²) in [4.78, 5) is 50.8. The summed E-state index contributed by atoms with van der Waals surface area (Å²) in [5.74, 6) is -1.54. The molecular weight excluding hydrogens is 536 g/mol. The minimum absolute atomic E-state index is 0.0414.